The monoisotopic (exact) mass is 267 g/mol. The fourth-order valence-corrected chi connectivity index (χ4v) is 2.14. The smallest absolute Gasteiger partial charge is 0.389 e. The van der Waals surface area contributed by atoms with E-state index in [1.807, 2.05) is 0 Å². The van der Waals surface area contributed by atoms with Crippen molar-refractivity contribution in [3.63, 3.8) is 0 Å². The molecular weight excluding hydrogens is 251 g/mol. The third-order valence-corrected chi connectivity index (χ3v) is 3.05. The van der Waals surface area contributed by atoms with Crippen LogP contribution in [0.1, 0.15) is 38.5 Å². The van der Waals surface area contributed by atoms with E-state index in [1.54, 1.807) is 0 Å². The predicted octanol–water partition coefficient (Wildman–Crippen LogP) is 1.93. The van der Waals surface area contributed by atoms with Gasteiger partial charge in [0.2, 0.25) is 5.91 Å². The van der Waals surface area contributed by atoms with Gasteiger partial charge in [0, 0.05) is 6.42 Å². The summed E-state index contributed by atoms with van der Waals surface area (Å²) in [7, 11) is 1.20. The molecule has 0 spiro atoms. The molecule has 104 valence electrons. The van der Waals surface area contributed by atoms with Crippen LogP contribution in [0, 0.1) is 0 Å². The van der Waals surface area contributed by atoms with Crippen LogP contribution in [-0.4, -0.2) is 30.7 Å². The minimum Gasteiger partial charge on any atom is -0.467 e. The van der Waals surface area contributed by atoms with Crippen LogP contribution in [0.3, 0.4) is 0 Å². The zero-order valence-corrected chi connectivity index (χ0v) is 10.1. The van der Waals surface area contributed by atoms with E-state index in [1.165, 1.54) is 7.11 Å². The molecule has 1 aliphatic carbocycles. The number of methoxy groups -OCH3 is 1. The summed E-state index contributed by atoms with van der Waals surface area (Å²) in [6, 6.07) is 0. The van der Waals surface area contributed by atoms with E-state index in [-0.39, 0.29) is 0 Å². The molecule has 0 bridgehead atoms. The zero-order valence-electron chi connectivity index (χ0n) is 10.1. The fourth-order valence-electron chi connectivity index (χ4n) is 2.14. The lowest BCUT2D eigenvalue weighted by Gasteiger charge is -2.27. The van der Waals surface area contributed by atoms with Gasteiger partial charge in [-0.15, -0.1) is 0 Å². The van der Waals surface area contributed by atoms with Gasteiger partial charge in [-0.25, -0.2) is 4.79 Å². The lowest BCUT2D eigenvalue weighted by atomic mass is 9.97. The quantitative estimate of drug-likeness (QED) is 0.792. The molecule has 7 heteroatoms. The molecule has 0 aromatic heterocycles. The van der Waals surface area contributed by atoms with Gasteiger partial charge in [0.1, 0.15) is 5.54 Å². The summed E-state index contributed by atoms with van der Waals surface area (Å²) in [5.74, 6) is -1.35. The van der Waals surface area contributed by atoms with Gasteiger partial charge in [-0.3, -0.25) is 4.79 Å². The van der Waals surface area contributed by atoms with Crippen LogP contribution in [0.2, 0.25) is 0 Å². The van der Waals surface area contributed by atoms with Gasteiger partial charge in [-0.2, -0.15) is 13.2 Å². The fraction of sp³-hybridized carbons (Fsp3) is 0.818. The van der Waals surface area contributed by atoms with E-state index < -0.39 is 36.4 Å². The van der Waals surface area contributed by atoms with Crippen molar-refractivity contribution in [3.05, 3.63) is 0 Å². The van der Waals surface area contributed by atoms with Crippen molar-refractivity contribution >= 4 is 11.9 Å². The van der Waals surface area contributed by atoms with E-state index in [0.29, 0.717) is 12.8 Å². The molecule has 1 aliphatic rings. The Kier molecular flexibility index (Phi) is 4.59. The first kappa shape index (κ1) is 14.8. The summed E-state index contributed by atoms with van der Waals surface area (Å²) >= 11 is 0. The Labute approximate surface area is 103 Å². The number of amides is 1. The van der Waals surface area contributed by atoms with Crippen molar-refractivity contribution in [2.75, 3.05) is 7.11 Å². The molecule has 18 heavy (non-hydrogen) atoms. The Hall–Kier alpha value is -1.27. The van der Waals surface area contributed by atoms with Crippen molar-refractivity contribution in [3.8, 4) is 0 Å². The maximum atomic E-state index is 12.0. The highest BCUT2D eigenvalue weighted by Gasteiger charge is 2.43. The predicted molar refractivity (Wildman–Crippen MR) is 56.6 cm³/mol. The SMILES string of the molecule is COC(=O)C1(NC(=O)CCC(F)(F)F)CCCC1. The Morgan fingerprint density at radius 2 is 1.83 bits per heavy atom. The number of halogens is 3. The van der Waals surface area contributed by atoms with Crippen molar-refractivity contribution in [1.29, 1.82) is 0 Å². The van der Waals surface area contributed by atoms with Crippen molar-refractivity contribution in [2.24, 2.45) is 0 Å². The van der Waals surface area contributed by atoms with E-state index in [0.717, 1.165) is 12.8 Å². The molecule has 0 saturated heterocycles. The topological polar surface area (TPSA) is 55.4 Å². The average Bonchev–Trinajstić information content (AvgIpc) is 2.74. The molecule has 0 atom stereocenters. The first-order chi connectivity index (χ1) is 8.29. The van der Waals surface area contributed by atoms with Crippen LogP contribution in [0.5, 0.6) is 0 Å². The minimum absolute atomic E-state index is 0.414. The second-order valence-corrected chi connectivity index (χ2v) is 4.44. The molecule has 1 rings (SSSR count). The molecule has 0 radical (unpaired) electrons. The summed E-state index contributed by atoms with van der Waals surface area (Å²) < 4.78 is 40.5. The van der Waals surface area contributed by atoms with Crippen LogP contribution in [0.4, 0.5) is 13.2 Å². The molecular formula is C11H16F3NO3. The number of nitrogens with one attached hydrogen (secondary N) is 1. The lowest BCUT2D eigenvalue weighted by Crippen LogP contribution is -2.53. The highest BCUT2D eigenvalue weighted by atomic mass is 19.4. The number of hydrogen-bond acceptors (Lipinski definition) is 3. The van der Waals surface area contributed by atoms with Gasteiger partial charge in [0.25, 0.3) is 0 Å². The molecule has 0 heterocycles. The minimum atomic E-state index is -4.37. The van der Waals surface area contributed by atoms with Crippen LogP contribution in [0.25, 0.3) is 0 Å². The van der Waals surface area contributed by atoms with E-state index in [4.69, 9.17) is 0 Å². The van der Waals surface area contributed by atoms with Crippen LogP contribution < -0.4 is 5.32 Å². The number of esters is 1. The highest BCUT2D eigenvalue weighted by Crippen LogP contribution is 2.31. The number of ether oxygens (including phenoxy) is 1. The normalized spacial score (nSPS) is 18.4. The van der Waals surface area contributed by atoms with Gasteiger partial charge < -0.3 is 10.1 Å². The lowest BCUT2D eigenvalue weighted by molar-refractivity contribution is -0.152. The van der Waals surface area contributed by atoms with E-state index in [9.17, 15) is 22.8 Å². The first-order valence-corrected chi connectivity index (χ1v) is 5.75. The molecule has 0 aromatic rings. The zero-order chi connectivity index (χ0) is 13.8. The van der Waals surface area contributed by atoms with Gasteiger partial charge in [-0.1, -0.05) is 12.8 Å². The van der Waals surface area contributed by atoms with Crippen molar-refractivity contribution < 1.29 is 27.5 Å². The third-order valence-electron chi connectivity index (χ3n) is 3.05. The van der Waals surface area contributed by atoms with Crippen molar-refractivity contribution in [1.82, 2.24) is 5.32 Å². The van der Waals surface area contributed by atoms with Crippen LogP contribution in [-0.2, 0) is 14.3 Å². The van der Waals surface area contributed by atoms with Gasteiger partial charge in [0.05, 0.1) is 13.5 Å². The summed E-state index contributed by atoms with van der Waals surface area (Å²) in [4.78, 5) is 23.1. The number of alkyl halides is 3. The standard InChI is InChI=1S/C11H16F3NO3/c1-18-9(17)10(5-2-3-6-10)15-8(16)4-7-11(12,13)14/h2-7H2,1H3,(H,15,16). The Morgan fingerprint density at radius 3 is 2.28 bits per heavy atom. The third kappa shape index (κ3) is 3.89. The van der Waals surface area contributed by atoms with E-state index >= 15 is 0 Å². The molecule has 4 nitrogen and oxygen atoms in total. The number of rotatable bonds is 4. The van der Waals surface area contributed by atoms with Crippen molar-refractivity contribution in [2.45, 2.75) is 50.2 Å². The molecule has 1 fully saturated rings. The molecule has 0 aliphatic heterocycles. The Balaban J connectivity index is 2.57. The number of hydrogen-bond donors (Lipinski definition) is 1. The molecule has 1 N–H and O–H groups in total. The highest BCUT2D eigenvalue weighted by molar-refractivity contribution is 5.88. The Bertz CT molecular complexity index is 322. The van der Waals surface area contributed by atoms with Gasteiger partial charge >= 0.3 is 12.1 Å². The van der Waals surface area contributed by atoms with E-state index in [2.05, 4.69) is 10.1 Å². The second-order valence-electron chi connectivity index (χ2n) is 4.44. The maximum absolute atomic E-state index is 12.0. The second kappa shape index (κ2) is 5.58. The largest absolute Gasteiger partial charge is 0.467 e. The molecule has 1 amide bonds. The summed E-state index contributed by atoms with van der Waals surface area (Å²) in [6.45, 7) is 0. The molecule has 0 unspecified atom stereocenters. The number of carbonyl (C=O) groups excluding carboxylic acids is 2. The Morgan fingerprint density at radius 1 is 1.28 bits per heavy atom. The van der Waals surface area contributed by atoms with Gasteiger partial charge in [0.15, 0.2) is 0 Å². The van der Waals surface area contributed by atoms with Crippen LogP contribution in [0.15, 0.2) is 0 Å². The average molecular weight is 267 g/mol. The van der Waals surface area contributed by atoms with Crippen LogP contribution >= 0.6 is 0 Å². The number of carbonyl (C=O) groups is 2. The summed E-state index contributed by atoms with van der Waals surface area (Å²) in [5, 5.41) is 2.40. The maximum Gasteiger partial charge on any atom is 0.389 e. The summed E-state index contributed by atoms with van der Waals surface area (Å²) in [5.41, 5.74) is -1.13. The first-order valence-electron chi connectivity index (χ1n) is 5.75. The van der Waals surface area contributed by atoms with Gasteiger partial charge in [-0.05, 0) is 12.8 Å². The summed E-state index contributed by atoms with van der Waals surface area (Å²) in [6.07, 6.45) is -3.90. The molecule has 0 aromatic carbocycles. The molecule has 1 saturated carbocycles.